The molecule has 0 spiro atoms. The largest absolute Gasteiger partial charge is 0.506 e. The lowest BCUT2D eigenvalue weighted by molar-refractivity contribution is 0.0968. The normalized spacial score (nSPS) is 18.1. The van der Waals surface area contributed by atoms with Crippen LogP contribution < -0.4 is 5.73 Å². The van der Waals surface area contributed by atoms with Gasteiger partial charge in [-0.3, -0.25) is 4.90 Å². The topological polar surface area (TPSA) is 58.7 Å². The summed E-state index contributed by atoms with van der Waals surface area (Å²) < 4.78 is 5.20. The summed E-state index contributed by atoms with van der Waals surface area (Å²) in [6.45, 7) is 3.99. The number of piperidine rings is 1. The first kappa shape index (κ1) is 13.2. The highest BCUT2D eigenvalue weighted by Gasteiger charge is 2.19. The Morgan fingerprint density at radius 3 is 2.72 bits per heavy atom. The van der Waals surface area contributed by atoms with Gasteiger partial charge >= 0.3 is 0 Å². The molecule has 1 aliphatic heterocycles. The van der Waals surface area contributed by atoms with Crippen LogP contribution in [0, 0.1) is 5.92 Å². The number of nitrogens with zero attached hydrogens (tertiary/aromatic N) is 1. The van der Waals surface area contributed by atoms with Crippen LogP contribution in [0.5, 0.6) is 5.75 Å². The summed E-state index contributed by atoms with van der Waals surface area (Å²) in [4.78, 5) is 2.43. The zero-order valence-electron chi connectivity index (χ0n) is 10.9. The Balaban J connectivity index is 1.85. The van der Waals surface area contributed by atoms with Crippen molar-refractivity contribution in [3.8, 4) is 5.75 Å². The van der Waals surface area contributed by atoms with Gasteiger partial charge < -0.3 is 15.6 Å². The summed E-state index contributed by atoms with van der Waals surface area (Å²) in [7, 11) is 1.77. The Hall–Kier alpha value is -1.26. The van der Waals surface area contributed by atoms with Crippen molar-refractivity contribution in [2.24, 2.45) is 5.92 Å². The molecule has 18 heavy (non-hydrogen) atoms. The van der Waals surface area contributed by atoms with E-state index in [1.807, 2.05) is 12.1 Å². The molecular weight excluding hydrogens is 228 g/mol. The van der Waals surface area contributed by atoms with Gasteiger partial charge in [0.2, 0.25) is 0 Å². The second kappa shape index (κ2) is 6.07. The number of hydrogen-bond donors (Lipinski definition) is 2. The lowest BCUT2D eigenvalue weighted by atomic mass is 9.97. The Bertz CT molecular complexity index is 387. The maximum Gasteiger partial charge on any atom is 0.138 e. The molecule has 1 heterocycles. The molecule has 1 aromatic rings. The van der Waals surface area contributed by atoms with Crippen LogP contribution >= 0.6 is 0 Å². The predicted molar refractivity (Wildman–Crippen MR) is 72.4 cm³/mol. The number of phenolic OH excluding ortho intramolecular Hbond substituents is 1. The Morgan fingerprint density at radius 2 is 2.11 bits per heavy atom. The van der Waals surface area contributed by atoms with Gasteiger partial charge in [0, 0.05) is 20.3 Å². The van der Waals surface area contributed by atoms with Gasteiger partial charge in [0.05, 0.1) is 5.69 Å². The molecule has 1 fully saturated rings. The van der Waals surface area contributed by atoms with Crippen LogP contribution in [-0.4, -0.2) is 36.8 Å². The van der Waals surface area contributed by atoms with Crippen LogP contribution in [0.3, 0.4) is 0 Å². The van der Waals surface area contributed by atoms with Gasteiger partial charge in [0.1, 0.15) is 5.75 Å². The van der Waals surface area contributed by atoms with Gasteiger partial charge in [-0.05, 0) is 49.5 Å². The van der Waals surface area contributed by atoms with Crippen molar-refractivity contribution in [2.75, 3.05) is 32.5 Å². The molecule has 100 valence electrons. The highest BCUT2D eigenvalue weighted by molar-refractivity contribution is 5.53. The maximum absolute atomic E-state index is 9.39. The fraction of sp³-hybridized carbons (Fsp3) is 0.571. The molecule has 4 nitrogen and oxygen atoms in total. The van der Waals surface area contributed by atoms with E-state index in [-0.39, 0.29) is 5.75 Å². The van der Waals surface area contributed by atoms with Crippen molar-refractivity contribution in [3.63, 3.8) is 0 Å². The van der Waals surface area contributed by atoms with Crippen LogP contribution in [0.15, 0.2) is 18.2 Å². The molecule has 3 N–H and O–H groups in total. The number of aromatic hydroxyl groups is 1. The third-order valence-electron chi connectivity index (χ3n) is 3.61. The number of anilines is 1. The molecule has 4 heteroatoms. The minimum absolute atomic E-state index is 0.164. The maximum atomic E-state index is 9.39. The van der Waals surface area contributed by atoms with E-state index in [4.69, 9.17) is 10.5 Å². The molecule has 0 radical (unpaired) electrons. The molecular formula is C14H22N2O2. The number of methoxy groups -OCH3 is 1. The average molecular weight is 250 g/mol. The summed E-state index contributed by atoms with van der Waals surface area (Å²) in [6, 6.07) is 5.46. The predicted octanol–water partition coefficient (Wildman–Crippen LogP) is 1.83. The van der Waals surface area contributed by atoms with E-state index in [2.05, 4.69) is 4.90 Å². The minimum Gasteiger partial charge on any atom is -0.506 e. The second-order valence-corrected chi connectivity index (χ2v) is 5.07. The number of nitrogens with two attached hydrogens (primary N) is 1. The van der Waals surface area contributed by atoms with Crippen molar-refractivity contribution in [1.29, 1.82) is 0 Å². The number of phenols is 1. The summed E-state index contributed by atoms with van der Waals surface area (Å²) in [5.74, 6) is 0.869. The first-order chi connectivity index (χ1) is 8.69. The lowest BCUT2D eigenvalue weighted by Gasteiger charge is -2.31. The van der Waals surface area contributed by atoms with Crippen LogP contribution in [0.2, 0.25) is 0 Å². The number of nitrogen functional groups attached to an aromatic ring is 1. The van der Waals surface area contributed by atoms with E-state index < -0.39 is 0 Å². The Labute approximate surface area is 108 Å². The van der Waals surface area contributed by atoms with E-state index in [1.54, 1.807) is 13.2 Å². The number of rotatable bonds is 4. The molecule has 0 atom stereocenters. The van der Waals surface area contributed by atoms with Gasteiger partial charge in [-0.15, -0.1) is 0 Å². The van der Waals surface area contributed by atoms with Gasteiger partial charge in [0.15, 0.2) is 0 Å². The van der Waals surface area contributed by atoms with Crippen molar-refractivity contribution < 1.29 is 9.84 Å². The molecule has 1 aliphatic rings. The van der Waals surface area contributed by atoms with Gasteiger partial charge in [-0.1, -0.05) is 6.07 Å². The molecule has 0 unspecified atom stereocenters. The van der Waals surface area contributed by atoms with E-state index in [0.29, 0.717) is 11.6 Å². The van der Waals surface area contributed by atoms with E-state index in [0.717, 1.165) is 31.8 Å². The first-order valence-electron chi connectivity index (χ1n) is 6.47. The Kier molecular flexibility index (Phi) is 4.44. The number of hydrogen-bond acceptors (Lipinski definition) is 4. The fourth-order valence-corrected chi connectivity index (χ4v) is 2.51. The van der Waals surface area contributed by atoms with Crippen molar-refractivity contribution in [1.82, 2.24) is 4.90 Å². The third-order valence-corrected chi connectivity index (χ3v) is 3.61. The van der Waals surface area contributed by atoms with Crippen LogP contribution in [0.1, 0.15) is 18.4 Å². The smallest absolute Gasteiger partial charge is 0.138 e. The monoisotopic (exact) mass is 250 g/mol. The van der Waals surface area contributed by atoms with Crippen molar-refractivity contribution >= 4 is 5.69 Å². The van der Waals surface area contributed by atoms with Crippen molar-refractivity contribution in [2.45, 2.75) is 19.4 Å². The molecule has 0 aliphatic carbocycles. The summed E-state index contributed by atoms with van der Waals surface area (Å²) >= 11 is 0. The summed E-state index contributed by atoms with van der Waals surface area (Å²) in [5, 5.41) is 9.39. The van der Waals surface area contributed by atoms with Crippen LogP contribution in [0.4, 0.5) is 5.69 Å². The van der Waals surface area contributed by atoms with Gasteiger partial charge in [0.25, 0.3) is 0 Å². The van der Waals surface area contributed by atoms with E-state index in [1.165, 1.54) is 12.8 Å². The SMILES string of the molecule is COCC1CCN(Cc2ccc(O)c(N)c2)CC1. The second-order valence-electron chi connectivity index (χ2n) is 5.07. The average Bonchev–Trinajstić information content (AvgIpc) is 2.37. The van der Waals surface area contributed by atoms with E-state index >= 15 is 0 Å². The standard InChI is InChI=1S/C14H22N2O2/c1-18-10-11-4-6-16(7-5-11)9-12-2-3-14(17)13(15)8-12/h2-3,8,11,17H,4-7,9-10,15H2,1H3. The number of benzene rings is 1. The number of ether oxygens (including phenoxy) is 1. The van der Waals surface area contributed by atoms with Crippen LogP contribution in [0.25, 0.3) is 0 Å². The summed E-state index contributed by atoms with van der Waals surface area (Å²) in [6.07, 6.45) is 2.39. The zero-order valence-corrected chi connectivity index (χ0v) is 10.9. The van der Waals surface area contributed by atoms with Gasteiger partial charge in [-0.25, -0.2) is 0 Å². The third kappa shape index (κ3) is 3.37. The molecule has 0 amide bonds. The zero-order chi connectivity index (χ0) is 13.0. The molecule has 0 saturated carbocycles. The highest BCUT2D eigenvalue weighted by Crippen LogP contribution is 2.23. The fourth-order valence-electron chi connectivity index (χ4n) is 2.51. The van der Waals surface area contributed by atoms with Crippen LogP contribution in [-0.2, 0) is 11.3 Å². The van der Waals surface area contributed by atoms with Gasteiger partial charge in [-0.2, -0.15) is 0 Å². The Morgan fingerprint density at radius 1 is 1.39 bits per heavy atom. The first-order valence-corrected chi connectivity index (χ1v) is 6.47. The molecule has 0 bridgehead atoms. The number of likely N-dealkylation sites (tertiary alicyclic amines) is 1. The molecule has 1 saturated heterocycles. The molecule has 1 aromatic carbocycles. The quantitative estimate of drug-likeness (QED) is 0.632. The molecule has 2 rings (SSSR count). The lowest BCUT2D eigenvalue weighted by Crippen LogP contribution is -2.34. The van der Waals surface area contributed by atoms with E-state index in [9.17, 15) is 5.11 Å². The summed E-state index contributed by atoms with van der Waals surface area (Å²) in [5.41, 5.74) is 7.32. The molecule has 0 aromatic heterocycles. The van der Waals surface area contributed by atoms with Crippen molar-refractivity contribution in [3.05, 3.63) is 23.8 Å². The minimum atomic E-state index is 0.164. The highest BCUT2D eigenvalue weighted by atomic mass is 16.5.